The minimum Gasteiger partial charge on any atom is -0.392 e. The number of hydrogen-bond donors (Lipinski definition) is 3. The first-order valence-corrected chi connectivity index (χ1v) is 14.1. The van der Waals surface area contributed by atoms with E-state index in [2.05, 4.69) is 38.3 Å². The topological polar surface area (TPSA) is 123 Å². The zero-order valence-corrected chi connectivity index (χ0v) is 23.1. The third-order valence-corrected chi connectivity index (χ3v) is 7.78. The third-order valence-electron chi connectivity index (χ3n) is 6.68. The monoisotopic (exact) mass is 560 g/mol. The lowest BCUT2D eigenvalue weighted by molar-refractivity contribution is -0.255. The molecule has 5 rings (SSSR count). The molecule has 0 aliphatic carbocycles. The van der Waals surface area contributed by atoms with Crippen LogP contribution < -0.4 is 10.6 Å². The van der Waals surface area contributed by atoms with Gasteiger partial charge in [-0.25, -0.2) is 9.48 Å². The van der Waals surface area contributed by atoms with Crippen molar-refractivity contribution in [1.29, 1.82) is 0 Å². The van der Waals surface area contributed by atoms with Crippen molar-refractivity contribution in [3.05, 3.63) is 101 Å². The number of rotatable bonds is 9. The highest BCUT2D eigenvalue weighted by atomic mass is 32.2. The number of anilines is 1. The molecule has 3 N–H and O–H groups in total. The van der Waals surface area contributed by atoms with Gasteiger partial charge in [0.05, 0.1) is 18.8 Å². The molecule has 4 atom stereocenters. The summed E-state index contributed by atoms with van der Waals surface area (Å²) in [6.45, 7) is 2.36. The van der Waals surface area contributed by atoms with Crippen molar-refractivity contribution < 1.29 is 19.4 Å². The Kier molecular flexibility index (Phi) is 9.07. The van der Waals surface area contributed by atoms with Crippen LogP contribution in [0, 0.1) is 0 Å². The molecule has 1 aliphatic heterocycles. The summed E-state index contributed by atoms with van der Waals surface area (Å²) in [7, 11) is 1.81. The first-order chi connectivity index (χ1) is 19.6. The number of aliphatic hydroxyl groups is 1. The number of aryl methyl sites for hydroxylation is 1. The van der Waals surface area contributed by atoms with Gasteiger partial charge in [-0.1, -0.05) is 78.5 Å². The maximum atomic E-state index is 12.1. The Morgan fingerprint density at radius 3 is 2.48 bits per heavy atom. The highest BCUT2D eigenvalue weighted by Crippen LogP contribution is 2.48. The number of benzene rings is 3. The molecule has 3 aromatic carbocycles. The molecule has 1 fully saturated rings. The molecular weight excluding hydrogens is 528 g/mol. The largest absolute Gasteiger partial charge is 0.392 e. The van der Waals surface area contributed by atoms with Gasteiger partial charge in [0.1, 0.15) is 0 Å². The SMILES string of the molecule is CCNC(=O)Nc1cccc(C2O[C@H](CSc3nnnn3C)[C@@H](c3ccccc3)[C@H](c3ccc(CO)cc3)O2)c1. The van der Waals surface area contributed by atoms with Gasteiger partial charge in [0.2, 0.25) is 5.16 Å². The number of aromatic nitrogens is 4. The normalized spacial score (nSPS) is 20.7. The molecule has 0 saturated carbocycles. The van der Waals surface area contributed by atoms with E-state index in [1.165, 1.54) is 11.8 Å². The van der Waals surface area contributed by atoms with Crippen LogP contribution in [-0.4, -0.2) is 49.7 Å². The van der Waals surface area contributed by atoms with E-state index in [1.807, 2.05) is 80.7 Å². The van der Waals surface area contributed by atoms with Crippen molar-refractivity contribution in [3.8, 4) is 0 Å². The minimum atomic E-state index is -0.693. The molecule has 0 spiro atoms. The zero-order chi connectivity index (χ0) is 27.9. The lowest BCUT2D eigenvalue weighted by Gasteiger charge is -2.43. The fourth-order valence-electron chi connectivity index (χ4n) is 4.75. The van der Waals surface area contributed by atoms with E-state index in [9.17, 15) is 9.90 Å². The van der Waals surface area contributed by atoms with Gasteiger partial charge >= 0.3 is 6.03 Å². The Balaban J connectivity index is 1.51. The highest BCUT2D eigenvalue weighted by molar-refractivity contribution is 7.99. The average Bonchev–Trinajstić information content (AvgIpc) is 3.40. The standard InChI is InChI=1S/C29H32N6O4S/c1-3-30-28(37)31-23-11-7-10-22(16-23)27-38-24(18-40-29-32-33-34-35(29)2)25(20-8-5-4-6-9-20)26(39-27)21-14-12-19(17-36)13-15-21/h4-16,24-27,36H,3,17-18H2,1-2H3,(H2,30,31,37)/t24-,25-,26+,27?/m1/s1. The average molecular weight is 561 g/mol. The van der Waals surface area contributed by atoms with Crippen LogP contribution >= 0.6 is 11.8 Å². The molecule has 10 nitrogen and oxygen atoms in total. The molecule has 1 aromatic heterocycles. The second kappa shape index (κ2) is 13.1. The number of hydrogen-bond acceptors (Lipinski definition) is 8. The van der Waals surface area contributed by atoms with Crippen molar-refractivity contribution >= 4 is 23.5 Å². The molecule has 208 valence electrons. The van der Waals surface area contributed by atoms with Crippen molar-refractivity contribution in [1.82, 2.24) is 25.5 Å². The number of nitrogens with zero attached hydrogens (tertiary/aromatic N) is 4. The number of ether oxygens (including phenoxy) is 2. The molecule has 0 bridgehead atoms. The van der Waals surface area contributed by atoms with Gasteiger partial charge in [-0.05, 0) is 46.2 Å². The van der Waals surface area contributed by atoms with E-state index in [0.717, 1.165) is 22.3 Å². The molecule has 4 aromatic rings. The molecular formula is C29H32N6O4S. The van der Waals surface area contributed by atoms with Gasteiger partial charge in [0.25, 0.3) is 0 Å². The number of aliphatic hydroxyl groups excluding tert-OH is 1. The Labute approximate surface area is 237 Å². The molecule has 40 heavy (non-hydrogen) atoms. The van der Waals surface area contributed by atoms with Crippen LogP contribution in [0.15, 0.2) is 84.0 Å². The van der Waals surface area contributed by atoms with Crippen molar-refractivity contribution in [2.45, 2.75) is 43.1 Å². The maximum Gasteiger partial charge on any atom is 0.319 e. The summed E-state index contributed by atoms with van der Waals surface area (Å²) in [5, 5.41) is 27.8. The molecule has 11 heteroatoms. The van der Waals surface area contributed by atoms with Gasteiger partial charge in [-0.2, -0.15) is 0 Å². The quantitative estimate of drug-likeness (QED) is 0.254. The zero-order valence-electron chi connectivity index (χ0n) is 22.3. The molecule has 0 radical (unpaired) electrons. The van der Waals surface area contributed by atoms with Gasteiger partial charge in [-0.3, -0.25) is 0 Å². The molecule has 2 amide bonds. The van der Waals surface area contributed by atoms with Gasteiger partial charge in [0.15, 0.2) is 6.29 Å². The number of thioether (sulfide) groups is 1. The Bertz CT molecular complexity index is 1400. The lowest BCUT2D eigenvalue weighted by Crippen LogP contribution is -2.38. The molecule has 1 aliphatic rings. The predicted octanol–water partition coefficient (Wildman–Crippen LogP) is 4.58. The minimum absolute atomic E-state index is 0.0317. The van der Waals surface area contributed by atoms with E-state index in [1.54, 1.807) is 4.68 Å². The number of carbonyl (C=O) groups is 1. The summed E-state index contributed by atoms with van der Waals surface area (Å²) in [6.07, 6.45) is -1.32. The first kappa shape index (κ1) is 27.8. The van der Waals surface area contributed by atoms with E-state index in [-0.39, 0.29) is 30.8 Å². The second-order valence-electron chi connectivity index (χ2n) is 9.41. The van der Waals surface area contributed by atoms with E-state index in [0.29, 0.717) is 23.1 Å². The summed E-state index contributed by atoms with van der Waals surface area (Å²) in [6, 6.07) is 25.2. The Hall–Kier alpha value is -3.77. The van der Waals surface area contributed by atoms with Crippen molar-refractivity contribution in [2.24, 2.45) is 7.05 Å². The second-order valence-corrected chi connectivity index (χ2v) is 10.4. The van der Waals surface area contributed by atoms with Crippen molar-refractivity contribution in [3.63, 3.8) is 0 Å². The highest BCUT2D eigenvalue weighted by Gasteiger charge is 2.42. The van der Waals surface area contributed by atoms with Crippen LogP contribution in [0.5, 0.6) is 0 Å². The first-order valence-electron chi connectivity index (χ1n) is 13.1. The summed E-state index contributed by atoms with van der Waals surface area (Å²) < 4.78 is 15.1. The maximum absolute atomic E-state index is 12.1. The number of nitrogens with one attached hydrogen (secondary N) is 2. The summed E-state index contributed by atoms with van der Waals surface area (Å²) in [5.74, 6) is 0.443. The van der Waals surface area contributed by atoms with Crippen LogP contribution in [0.4, 0.5) is 10.5 Å². The third kappa shape index (κ3) is 6.50. The van der Waals surface area contributed by atoms with Crippen LogP contribution in [0.3, 0.4) is 0 Å². The summed E-state index contributed by atoms with van der Waals surface area (Å²) in [5.41, 5.74) is 4.32. The fourth-order valence-corrected chi connectivity index (χ4v) is 5.67. The number of carbonyl (C=O) groups excluding carboxylic acids is 1. The van der Waals surface area contributed by atoms with Crippen LogP contribution in [0.2, 0.25) is 0 Å². The Morgan fingerprint density at radius 2 is 1.77 bits per heavy atom. The number of tetrazole rings is 1. The van der Waals surface area contributed by atoms with Crippen LogP contribution in [-0.2, 0) is 23.1 Å². The number of urea groups is 1. The van der Waals surface area contributed by atoms with Gasteiger partial charge in [-0.15, -0.1) is 5.10 Å². The van der Waals surface area contributed by atoms with Gasteiger partial charge in [0, 0.05) is 36.5 Å². The predicted molar refractivity (Wildman–Crippen MR) is 152 cm³/mol. The Morgan fingerprint density at radius 1 is 1.00 bits per heavy atom. The number of amides is 2. The molecule has 2 heterocycles. The summed E-state index contributed by atoms with van der Waals surface area (Å²) >= 11 is 1.52. The smallest absolute Gasteiger partial charge is 0.319 e. The van der Waals surface area contributed by atoms with Crippen LogP contribution in [0.1, 0.15) is 47.5 Å². The molecule has 1 saturated heterocycles. The van der Waals surface area contributed by atoms with E-state index < -0.39 is 6.29 Å². The molecule has 1 unspecified atom stereocenters. The summed E-state index contributed by atoms with van der Waals surface area (Å²) in [4.78, 5) is 12.1. The van der Waals surface area contributed by atoms with Crippen LogP contribution in [0.25, 0.3) is 0 Å². The van der Waals surface area contributed by atoms with E-state index >= 15 is 0 Å². The lowest BCUT2D eigenvalue weighted by atomic mass is 9.84. The fraction of sp³-hybridized carbons (Fsp3) is 0.310. The van der Waals surface area contributed by atoms with Crippen molar-refractivity contribution in [2.75, 3.05) is 17.6 Å². The van der Waals surface area contributed by atoms with E-state index in [4.69, 9.17) is 9.47 Å². The van der Waals surface area contributed by atoms with Gasteiger partial charge < -0.3 is 25.2 Å².